The molecule has 5 aromatic carbocycles. The van der Waals surface area contributed by atoms with Crippen LogP contribution in [0.3, 0.4) is 0 Å². The Morgan fingerprint density at radius 1 is 0.511 bits per heavy atom. The molecule has 0 amide bonds. The molecule has 5 heteroatoms. The molecule has 0 spiro atoms. The second-order valence-electron chi connectivity index (χ2n) is 14.9. The summed E-state index contributed by atoms with van der Waals surface area (Å²) in [5, 5.41) is 2.67. The molecule has 1 heterocycles. The van der Waals surface area contributed by atoms with E-state index < -0.39 is 27.6 Å². The summed E-state index contributed by atoms with van der Waals surface area (Å²) in [6, 6.07) is 22.7. The molecule has 0 aliphatic heterocycles. The minimum atomic E-state index is -1.53. The Bertz CT molecular complexity index is 2430. The molecular weight excluding hydrogens is 603 g/mol. The Morgan fingerprint density at radius 3 is 1.55 bits per heavy atom. The third kappa shape index (κ3) is 5.83. The molecule has 47 heavy (non-hydrogen) atoms. The van der Waals surface area contributed by atoms with Crippen LogP contribution >= 0.6 is 0 Å². The first-order valence-corrected chi connectivity index (χ1v) is 23.1. The number of fused-ring (bicyclic) bond motifs is 3. The lowest BCUT2D eigenvalue weighted by molar-refractivity contribution is 0.660. The van der Waals surface area contributed by atoms with Gasteiger partial charge in [0.1, 0.15) is 0 Å². The zero-order valence-electron chi connectivity index (χ0n) is 35.3. The summed E-state index contributed by atoms with van der Waals surface area (Å²) in [6.45, 7) is 17.5. The standard InChI is InChI=1S/C42H43N3Si2/c1-42(2)37-15-10-9-14-35(37)36-25-20-31(27-38(36)42)30-12-11-13-32(26-30)41-44-39(28-16-21-33(22-17-28)46(3,4)5)43-40(45-41)29-18-23-34(24-19-29)47(6,7)8/h9-27H,1-8H3/i9D,10D,14D,15D,20D,25D,27D. The maximum Gasteiger partial charge on any atom is 0.164 e. The summed E-state index contributed by atoms with van der Waals surface area (Å²) < 4.78 is 62.0. The lowest BCUT2D eigenvalue weighted by Gasteiger charge is -2.22. The highest BCUT2D eigenvalue weighted by Gasteiger charge is 2.35. The molecule has 1 aromatic heterocycles. The van der Waals surface area contributed by atoms with Gasteiger partial charge in [-0.2, -0.15) is 0 Å². The van der Waals surface area contributed by atoms with E-state index in [2.05, 4.69) is 87.8 Å². The molecule has 1 aliphatic rings. The van der Waals surface area contributed by atoms with E-state index >= 15 is 0 Å². The van der Waals surface area contributed by atoms with E-state index in [9.17, 15) is 4.11 Å². The fourth-order valence-electron chi connectivity index (χ4n) is 6.12. The average Bonchev–Trinajstić information content (AvgIpc) is 3.39. The minimum Gasteiger partial charge on any atom is -0.208 e. The van der Waals surface area contributed by atoms with E-state index in [1.54, 1.807) is 6.07 Å². The van der Waals surface area contributed by atoms with Gasteiger partial charge in [0, 0.05) is 22.1 Å². The van der Waals surface area contributed by atoms with Crippen LogP contribution in [0.25, 0.3) is 56.4 Å². The van der Waals surface area contributed by atoms with Crippen molar-refractivity contribution in [2.75, 3.05) is 0 Å². The van der Waals surface area contributed by atoms with Gasteiger partial charge in [0.2, 0.25) is 0 Å². The zero-order chi connectivity index (χ0) is 39.2. The van der Waals surface area contributed by atoms with Crippen LogP contribution in [0.15, 0.2) is 115 Å². The second-order valence-corrected chi connectivity index (χ2v) is 25.1. The van der Waals surface area contributed by atoms with Crippen LogP contribution in [-0.4, -0.2) is 31.1 Å². The summed E-state index contributed by atoms with van der Waals surface area (Å²) in [4.78, 5) is 14.9. The minimum absolute atomic E-state index is 0.0169. The van der Waals surface area contributed by atoms with E-state index in [-0.39, 0.29) is 52.9 Å². The topological polar surface area (TPSA) is 38.7 Å². The van der Waals surface area contributed by atoms with Gasteiger partial charge in [0.25, 0.3) is 0 Å². The van der Waals surface area contributed by atoms with E-state index in [4.69, 9.17) is 20.4 Å². The van der Waals surface area contributed by atoms with Gasteiger partial charge in [-0.1, -0.05) is 166 Å². The molecule has 7 rings (SSSR count). The van der Waals surface area contributed by atoms with Crippen LogP contribution in [0.5, 0.6) is 0 Å². The number of aromatic nitrogens is 3. The molecule has 0 saturated carbocycles. The molecule has 234 valence electrons. The Balaban J connectivity index is 1.40. The molecular formula is C42H43N3Si2. The number of hydrogen-bond acceptors (Lipinski definition) is 3. The third-order valence-corrected chi connectivity index (χ3v) is 13.2. The van der Waals surface area contributed by atoms with E-state index in [1.165, 1.54) is 10.4 Å². The van der Waals surface area contributed by atoms with Crippen molar-refractivity contribution in [1.82, 2.24) is 15.0 Å². The second kappa shape index (κ2) is 11.4. The van der Waals surface area contributed by atoms with E-state index in [0.717, 1.165) is 11.1 Å². The maximum atomic E-state index is 9.52. The smallest absolute Gasteiger partial charge is 0.164 e. The van der Waals surface area contributed by atoms with Crippen LogP contribution < -0.4 is 10.4 Å². The van der Waals surface area contributed by atoms with E-state index in [0.29, 0.717) is 39.7 Å². The summed E-state index contributed by atoms with van der Waals surface area (Å²) in [5.74, 6) is 1.50. The van der Waals surface area contributed by atoms with Crippen LogP contribution in [0.4, 0.5) is 0 Å². The summed E-state index contributed by atoms with van der Waals surface area (Å²) in [7, 11) is -3.06. The zero-order valence-corrected chi connectivity index (χ0v) is 30.3. The molecule has 0 unspecified atom stereocenters. The molecule has 3 nitrogen and oxygen atoms in total. The normalized spacial score (nSPS) is 15.8. The predicted octanol–water partition coefficient (Wildman–Crippen LogP) is 9.94. The molecule has 6 aromatic rings. The van der Waals surface area contributed by atoms with Crippen LogP contribution in [0, 0.1) is 0 Å². The lowest BCUT2D eigenvalue weighted by atomic mass is 9.81. The molecule has 0 atom stereocenters. The Labute approximate surface area is 291 Å². The highest BCUT2D eigenvalue weighted by Crippen LogP contribution is 2.49. The van der Waals surface area contributed by atoms with E-state index in [1.807, 2.05) is 32.0 Å². The first-order chi connectivity index (χ1) is 25.2. The number of hydrogen-bond donors (Lipinski definition) is 0. The lowest BCUT2D eigenvalue weighted by Crippen LogP contribution is -2.37. The predicted molar refractivity (Wildman–Crippen MR) is 205 cm³/mol. The van der Waals surface area contributed by atoms with Crippen LogP contribution in [-0.2, 0) is 5.41 Å². The van der Waals surface area contributed by atoms with Crippen molar-refractivity contribution in [2.45, 2.75) is 58.5 Å². The van der Waals surface area contributed by atoms with Crippen molar-refractivity contribution in [3.63, 3.8) is 0 Å². The third-order valence-electron chi connectivity index (χ3n) is 9.06. The van der Waals surface area contributed by atoms with Crippen molar-refractivity contribution in [3.8, 4) is 56.4 Å². The first-order valence-electron chi connectivity index (χ1n) is 19.6. The van der Waals surface area contributed by atoms with Gasteiger partial charge in [0.05, 0.1) is 25.7 Å². The molecule has 0 N–H and O–H groups in total. The number of rotatable bonds is 6. The Morgan fingerprint density at radius 2 is 1.00 bits per heavy atom. The molecule has 1 aliphatic carbocycles. The molecule has 0 radical (unpaired) electrons. The van der Waals surface area contributed by atoms with Crippen molar-refractivity contribution in [3.05, 3.63) is 126 Å². The fraction of sp³-hybridized carbons (Fsp3) is 0.214. The van der Waals surface area contributed by atoms with Gasteiger partial charge in [-0.3, -0.25) is 0 Å². The summed E-state index contributed by atoms with van der Waals surface area (Å²) in [5.41, 5.74) is 3.35. The van der Waals surface area contributed by atoms with Crippen molar-refractivity contribution >= 4 is 26.5 Å². The summed E-state index contributed by atoms with van der Waals surface area (Å²) in [6.07, 6.45) is 0. The van der Waals surface area contributed by atoms with Gasteiger partial charge in [-0.15, -0.1) is 0 Å². The van der Waals surface area contributed by atoms with Crippen molar-refractivity contribution in [1.29, 1.82) is 0 Å². The summed E-state index contributed by atoms with van der Waals surface area (Å²) >= 11 is 0. The highest BCUT2D eigenvalue weighted by atomic mass is 28.3. The number of nitrogens with zero attached hydrogens (tertiary/aromatic N) is 3. The Hall–Kier alpha value is -4.46. The SMILES string of the molecule is [2H]c1c([2H])c([2H])c2c(c1[2H])-c1c([2H])c([2H])c(-c3cccc(-c4nc(-c5ccc([Si](C)(C)C)cc5)nc(-c5ccc([Si](C)(C)C)cc5)n4)c3)c([2H])c1C2(C)C. The molecule has 0 saturated heterocycles. The molecule has 0 fully saturated rings. The van der Waals surface area contributed by atoms with Crippen LogP contribution in [0.1, 0.15) is 34.6 Å². The molecule has 0 bridgehead atoms. The van der Waals surface area contributed by atoms with Gasteiger partial charge in [0.15, 0.2) is 17.5 Å². The Kier molecular flexibility index (Phi) is 5.75. The van der Waals surface area contributed by atoms with Gasteiger partial charge in [-0.05, 0) is 45.5 Å². The monoisotopic (exact) mass is 652 g/mol. The van der Waals surface area contributed by atoms with Gasteiger partial charge in [-0.25, -0.2) is 15.0 Å². The quantitative estimate of drug-likeness (QED) is 0.168. The first kappa shape index (κ1) is 23.8. The average molecular weight is 653 g/mol. The van der Waals surface area contributed by atoms with Gasteiger partial charge < -0.3 is 0 Å². The van der Waals surface area contributed by atoms with Crippen LogP contribution in [0.2, 0.25) is 39.3 Å². The maximum absolute atomic E-state index is 9.52. The van der Waals surface area contributed by atoms with Crippen molar-refractivity contribution in [2.24, 2.45) is 0 Å². The van der Waals surface area contributed by atoms with Gasteiger partial charge >= 0.3 is 0 Å². The number of benzene rings is 5. The fourth-order valence-corrected chi connectivity index (χ4v) is 8.45. The highest BCUT2D eigenvalue weighted by molar-refractivity contribution is 6.89. The van der Waals surface area contributed by atoms with Crippen molar-refractivity contribution < 1.29 is 9.60 Å². The largest absolute Gasteiger partial charge is 0.208 e.